The zero-order valence-corrected chi connectivity index (χ0v) is 13.4. The van der Waals surface area contributed by atoms with Crippen LogP contribution >= 0.6 is 23.1 Å². The Morgan fingerprint density at radius 3 is 1.52 bits per heavy atom. The Kier molecular flexibility index (Phi) is 7.75. The molecule has 0 spiro atoms. The first-order valence-electron chi connectivity index (χ1n) is 4.93. The SMILES string of the molecule is Cl.O=S(=O)(Cl)c1cccnc1.O=S(=O)(O)c1cccnc1. The quantitative estimate of drug-likeness (QED) is 0.630. The molecule has 0 aliphatic heterocycles. The van der Waals surface area contributed by atoms with Crippen LogP contribution in [0.1, 0.15) is 0 Å². The molecule has 1 N–H and O–H groups in total. The predicted molar refractivity (Wildman–Crippen MR) is 78.6 cm³/mol. The summed E-state index contributed by atoms with van der Waals surface area (Å²) in [5.74, 6) is 0. The molecule has 2 aromatic rings. The monoisotopic (exact) mass is 372 g/mol. The topological polar surface area (TPSA) is 114 Å². The molecule has 0 saturated heterocycles. The summed E-state index contributed by atoms with van der Waals surface area (Å²) in [6.07, 6.45) is 5.18. The number of rotatable bonds is 2. The maximum Gasteiger partial charge on any atom is 0.296 e. The Balaban J connectivity index is 0.000000364. The Morgan fingerprint density at radius 1 is 0.905 bits per heavy atom. The molecular weight excluding hydrogens is 363 g/mol. The van der Waals surface area contributed by atoms with E-state index in [-0.39, 0.29) is 22.2 Å². The average molecular weight is 373 g/mol. The molecule has 0 aromatic carbocycles. The zero-order chi connectivity index (χ0) is 15.2. The van der Waals surface area contributed by atoms with Crippen molar-refractivity contribution < 1.29 is 21.4 Å². The van der Waals surface area contributed by atoms with Crippen LogP contribution in [0, 0.1) is 0 Å². The molecule has 0 amide bonds. The molecule has 11 heteroatoms. The van der Waals surface area contributed by atoms with Crippen molar-refractivity contribution in [2.45, 2.75) is 9.79 Å². The summed E-state index contributed by atoms with van der Waals surface area (Å²) in [5, 5.41) is 0. The van der Waals surface area contributed by atoms with Crippen LogP contribution in [0.3, 0.4) is 0 Å². The molecule has 0 fully saturated rings. The van der Waals surface area contributed by atoms with Gasteiger partial charge in [0.2, 0.25) is 0 Å². The minimum absolute atomic E-state index is 0. The van der Waals surface area contributed by atoms with E-state index in [1.165, 1.54) is 42.9 Å². The van der Waals surface area contributed by atoms with E-state index in [0.717, 1.165) is 6.20 Å². The van der Waals surface area contributed by atoms with Gasteiger partial charge < -0.3 is 0 Å². The highest BCUT2D eigenvalue weighted by Crippen LogP contribution is 2.11. The lowest BCUT2D eigenvalue weighted by Crippen LogP contribution is -1.97. The van der Waals surface area contributed by atoms with Gasteiger partial charge in [-0.25, -0.2) is 8.42 Å². The number of hydrogen-bond donors (Lipinski definition) is 1. The Morgan fingerprint density at radius 2 is 1.33 bits per heavy atom. The molecule has 0 aliphatic carbocycles. The second kappa shape index (κ2) is 8.25. The molecule has 0 radical (unpaired) electrons. The Bertz CT molecular complexity index is 685. The highest BCUT2D eigenvalue weighted by molar-refractivity contribution is 8.13. The fraction of sp³-hybridized carbons (Fsp3) is 0. The number of hydrogen-bond acceptors (Lipinski definition) is 6. The summed E-state index contributed by atoms with van der Waals surface area (Å²) in [5.41, 5.74) is 0. The van der Waals surface area contributed by atoms with Gasteiger partial charge in [-0.2, -0.15) is 8.42 Å². The number of nitrogens with zero attached hydrogens (tertiary/aromatic N) is 2. The van der Waals surface area contributed by atoms with Gasteiger partial charge in [0.1, 0.15) is 9.79 Å². The molecule has 116 valence electrons. The van der Waals surface area contributed by atoms with Gasteiger partial charge in [0, 0.05) is 35.5 Å². The van der Waals surface area contributed by atoms with Gasteiger partial charge >= 0.3 is 0 Å². The summed E-state index contributed by atoms with van der Waals surface area (Å²) >= 11 is 0. The van der Waals surface area contributed by atoms with Crippen LogP contribution in [-0.4, -0.2) is 31.4 Å². The van der Waals surface area contributed by atoms with Crippen molar-refractivity contribution in [2.75, 3.05) is 0 Å². The second-order valence-electron chi connectivity index (χ2n) is 3.29. The fourth-order valence-corrected chi connectivity index (χ4v) is 2.14. The van der Waals surface area contributed by atoms with E-state index in [0.29, 0.717) is 0 Å². The first-order valence-corrected chi connectivity index (χ1v) is 8.68. The molecule has 0 aliphatic rings. The van der Waals surface area contributed by atoms with Crippen molar-refractivity contribution in [2.24, 2.45) is 0 Å². The van der Waals surface area contributed by atoms with E-state index in [1.54, 1.807) is 0 Å². The maximum atomic E-state index is 10.6. The lowest BCUT2D eigenvalue weighted by Gasteiger charge is -1.91. The van der Waals surface area contributed by atoms with Crippen molar-refractivity contribution in [3.63, 3.8) is 0 Å². The smallest absolute Gasteiger partial charge is 0.282 e. The standard InChI is InChI=1S/C5H4ClNO2S.C5H5NO3S.ClH/c6-10(8,9)5-2-1-3-7-4-5;7-10(8,9)5-2-1-3-6-4-5;/h1-4H;1-4H,(H,7,8,9);1H. The van der Waals surface area contributed by atoms with Gasteiger partial charge in [-0.1, -0.05) is 0 Å². The first-order chi connectivity index (χ1) is 9.21. The van der Waals surface area contributed by atoms with Crippen LogP contribution in [0.2, 0.25) is 0 Å². The molecular formula is C10H10Cl2N2O5S2. The minimum atomic E-state index is -4.07. The average Bonchev–Trinajstić information content (AvgIpc) is 2.40. The van der Waals surface area contributed by atoms with Crippen molar-refractivity contribution in [1.82, 2.24) is 9.97 Å². The number of halogens is 2. The minimum Gasteiger partial charge on any atom is -0.282 e. The highest BCUT2D eigenvalue weighted by atomic mass is 35.7. The van der Waals surface area contributed by atoms with Crippen molar-refractivity contribution in [3.8, 4) is 0 Å². The molecule has 0 bridgehead atoms. The summed E-state index contributed by atoms with van der Waals surface area (Å²) in [6, 6.07) is 5.59. The zero-order valence-electron chi connectivity index (χ0n) is 10.2. The van der Waals surface area contributed by atoms with Crippen LogP contribution in [-0.2, 0) is 19.2 Å². The molecule has 2 heterocycles. The Hall–Kier alpha value is -1.26. The molecule has 0 saturated carbocycles. The van der Waals surface area contributed by atoms with E-state index in [2.05, 4.69) is 9.97 Å². The molecule has 2 rings (SSSR count). The lowest BCUT2D eigenvalue weighted by molar-refractivity contribution is 0.483. The van der Waals surface area contributed by atoms with Crippen molar-refractivity contribution >= 4 is 42.3 Å². The van der Waals surface area contributed by atoms with E-state index < -0.39 is 19.2 Å². The third kappa shape index (κ3) is 7.34. The largest absolute Gasteiger partial charge is 0.296 e. The van der Waals surface area contributed by atoms with E-state index in [9.17, 15) is 16.8 Å². The van der Waals surface area contributed by atoms with Crippen LogP contribution < -0.4 is 0 Å². The highest BCUT2D eigenvalue weighted by Gasteiger charge is 2.07. The van der Waals surface area contributed by atoms with Crippen LogP contribution in [0.4, 0.5) is 0 Å². The maximum absolute atomic E-state index is 10.6. The van der Waals surface area contributed by atoms with Gasteiger partial charge in [-0.05, 0) is 24.3 Å². The van der Waals surface area contributed by atoms with Gasteiger partial charge in [-0.15, -0.1) is 12.4 Å². The van der Waals surface area contributed by atoms with Gasteiger partial charge in [0.25, 0.3) is 19.2 Å². The third-order valence-corrected chi connectivity index (χ3v) is 4.02. The van der Waals surface area contributed by atoms with Crippen molar-refractivity contribution in [1.29, 1.82) is 0 Å². The van der Waals surface area contributed by atoms with Crippen LogP contribution in [0.5, 0.6) is 0 Å². The summed E-state index contributed by atoms with van der Waals surface area (Å²) < 4.78 is 50.2. The van der Waals surface area contributed by atoms with E-state index >= 15 is 0 Å². The van der Waals surface area contributed by atoms with E-state index in [4.69, 9.17) is 15.2 Å². The normalized spacial score (nSPS) is 10.8. The van der Waals surface area contributed by atoms with Gasteiger partial charge in [-0.3, -0.25) is 14.5 Å². The van der Waals surface area contributed by atoms with Crippen LogP contribution in [0.15, 0.2) is 58.8 Å². The predicted octanol–water partition coefficient (Wildman–Crippen LogP) is 1.76. The van der Waals surface area contributed by atoms with E-state index in [1.807, 2.05) is 0 Å². The first kappa shape index (κ1) is 19.7. The molecule has 0 atom stereocenters. The molecule has 2 aromatic heterocycles. The lowest BCUT2D eigenvalue weighted by atomic mass is 10.5. The third-order valence-electron chi connectivity index (χ3n) is 1.85. The molecule has 7 nitrogen and oxygen atoms in total. The second-order valence-corrected chi connectivity index (χ2v) is 7.28. The number of pyridine rings is 2. The summed E-state index contributed by atoms with van der Waals surface area (Å²) in [4.78, 5) is 6.94. The van der Waals surface area contributed by atoms with Gasteiger partial charge in [0.15, 0.2) is 0 Å². The van der Waals surface area contributed by atoms with Crippen molar-refractivity contribution in [3.05, 3.63) is 49.1 Å². The number of aromatic nitrogens is 2. The Labute approximate surface area is 132 Å². The van der Waals surface area contributed by atoms with Crippen LogP contribution in [0.25, 0.3) is 0 Å². The summed E-state index contributed by atoms with van der Waals surface area (Å²) in [7, 11) is -2.67. The molecule has 21 heavy (non-hydrogen) atoms. The summed E-state index contributed by atoms with van der Waals surface area (Å²) in [6.45, 7) is 0. The molecule has 0 unspecified atom stereocenters. The van der Waals surface area contributed by atoms with Gasteiger partial charge in [0.05, 0.1) is 0 Å². The fourth-order valence-electron chi connectivity index (χ4n) is 0.991.